The van der Waals surface area contributed by atoms with Crippen LogP contribution in [0.1, 0.15) is 24.8 Å². The highest BCUT2D eigenvalue weighted by Gasteiger charge is 2.19. The number of halogens is 2. The van der Waals surface area contributed by atoms with E-state index in [1.54, 1.807) is 12.1 Å². The molecule has 2 rings (SSSR count). The standard InChI is InChI=1S/C12H15ClFN/c13-11-7-10(3-4-12(11)14)8-15-6-5-9-1-2-9/h3-4,7,9,15H,1-2,5-6,8H2. The molecule has 3 heteroatoms. The van der Waals surface area contributed by atoms with E-state index in [1.807, 2.05) is 0 Å². The van der Waals surface area contributed by atoms with Crippen molar-refractivity contribution in [3.05, 3.63) is 34.6 Å². The van der Waals surface area contributed by atoms with Gasteiger partial charge in [0.2, 0.25) is 0 Å². The fourth-order valence-electron chi connectivity index (χ4n) is 1.60. The Morgan fingerprint density at radius 3 is 2.87 bits per heavy atom. The van der Waals surface area contributed by atoms with Gasteiger partial charge in [0.25, 0.3) is 0 Å². The third-order valence-corrected chi connectivity index (χ3v) is 3.03. The third kappa shape index (κ3) is 3.47. The summed E-state index contributed by atoms with van der Waals surface area (Å²) in [5, 5.41) is 3.54. The second-order valence-electron chi connectivity index (χ2n) is 4.16. The molecule has 0 aliphatic heterocycles. The Kier molecular flexibility index (Phi) is 3.60. The van der Waals surface area contributed by atoms with E-state index in [1.165, 1.54) is 25.3 Å². The lowest BCUT2D eigenvalue weighted by atomic mass is 10.2. The molecule has 1 saturated carbocycles. The molecular formula is C12H15ClFN. The Labute approximate surface area is 94.6 Å². The molecule has 1 fully saturated rings. The Hall–Kier alpha value is -0.600. The first-order valence-corrected chi connectivity index (χ1v) is 5.78. The number of hydrogen-bond donors (Lipinski definition) is 1. The molecule has 1 aromatic rings. The number of hydrogen-bond acceptors (Lipinski definition) is 1. The van der Waals surface area contributed by atoms with Crippen molar-refractivity contribution < 1.29 is 4.39 Å². The first-order valence-electron chi connectivity index (χ1n) is 5.40. The molecule has 0 aromatic heterocycles. The van der Waals surface area contributed by atoms with Crippen molar-refractivity contribution in [2.24, 2.45) is 5.92 Å². The summed E-state index contributed by atoms with van der Waals surface area (Å²) < 4.78 is 12.8. The Morgan fingerprint density at radius 2 is 2.20 bits per heavy atom. The van der Waals surface area contributed by atoms with Gasteiger partial charge in [0.15, 0.2) is 0 Å². The van der Waals surface area contributed by atoms with Gasteiger partial charge in [-0.25, -0.2) is 4.39 Å². The molecule has 1 N–H and O–H groups in total. The quantitative estimate of drug-likeness (QED) is 0.761. The van der Waals surface area contributed by atoms with Crippen LogP contribution in [0.2, 0.25) is 5.02 Å². The smallest absolute Gasteiger partial charge is 0.141 e. The first-order chi connectivity index (χ1) is 7.25. The zero-order valence-electron chi connectivity index (χ0n) is 8.60. The van der Waals surface area contributed by atoms with Gasteiger partial charge in [-0.2, -0.15) is 0 Å². The van der Waals surface area contributed by atoms with E-state index in [-0.39, 0.29) is 10.8 Å². The van der Waals surface area contributed by atoms with E-state index in [0.29, 0.717) is 0 Å². The van der Waals surface area contributed by atoms with Crippen LogP contribution in [0.3, 0.4) is 0 Å². The molecule has 0 spiro atoms. The molecule has 0 atom stereocenters. The van der Waals surface area contributed by atoms with Gasteiger partial charge in [-0.15, -0.1) is 0 Å². The van der Waals surface area contributed by atoms with Crippen molar-refractivity contribution >= 4 is 11.6 Å². The van der Waals surface area contributed by atoms with Gasteiger partial charge in [0, 0.05) is 6.54 Å². The van der Waals surface area contributed by atoms with E-state index in [2.05, 4.69) is 5.32 Å². The molecule has 0 heterocycles. The average Bonchev–Trinajstić information content (AvgIpc) is 3.02. The first kappa shape index (κ1) is 10.9. The minimum absolute atomic E-state index is 0.205. The van der Waals surface area contributed by atoms with E-state index < -0.39 is 0 Å². The monoisotopic (exact) mass is 227 g/mol. The molecule has 0 amide bonds. The molecule has 1 nitrogen and oxygen atoms in total. The van der Waals surface area contributed by atoms with E-state index >= 15 is 0 Å². The second kappa shape index (κ2) is 4.95. The fourth-order valence-corrected chi connectivity index (χ4v) is 1.80. The molecule has 1 aromatic carbocycles. The summed E-state index contributed by atoms with van der Waals surface area (Å²) in [6.45, 7) is 1.81. The lowest BCUT2D eigenvalue weighted by molar-refractivity contribution is 0.608. The maximum absolute atomic E-state index is 12.8. The van der Waals surface area contributed by atoms with E-state index in [9.17, 15) is 4.39 Å². The second-order valence-corrected chi connectivity index (χ2v) is 4.56. The molecule has 1 aliphatic rings. The minimum Gasteiger partial charge on any atom is -0.313 e. The van der Waals surface area contributed by atoms with Gasteiger partial charge < -0.3 is 5.32 Å². The molecule has 0 bridgehead atoms. The maximum Gasteiger partial charge on any atom is 0.141 e. The summed E-state index contributed by atoms with van der Waals surface area (Å²) in [6.07, 6.45) is 4.04. The highest BCUT2D eigenvalue weighted by molar-refractivity contribution is 6.30. The van der Waals surface area contributed by atoms with E-state index in [0.717, 1.165) is 24.6 Å². The van der Waals surface area contributed by atoms with Crippen molar-refractivity contribution in [1.29, 1.82) is 0 Å². The van der Waals surface area contributed by atoms with Crippen molar-refractivity contribution in [3.8, 4) is 0 Å². The van der Waals surface area contributed by atoms with Crippen LogP contribution in [0.5, 0.6) is 0 Å². The van der Waals surface area contributed by atoms with Crippen molar-refractivity contribution in [2.75, 3.05) is 6.54 Å². The fraction of sp³-hybridized carbons (Fsp3) is 0.500. The predicted octanol–water partition coefficient (Wildman–Crippen LogP) is 3.37. The lowest BCUT2D eigenvalue weighted by Gasteiger charge is -2.05. The van der Waals surface area contributed by atoms with Crippen molar-refractivity contribution in [1.82, 2.24) is 5.32 Å². The minimum atomic E-state index is -0.349. The SMILES string of the molecule is Fc1ccc(CNCCC2CC2)cc1Cl. The maximum atomic E-state index is 12.8. The Balaban J connectivity index is 1.74. The zero-order chi connectivity index (χ0) is 10.7. The van der Waals surface area contributed by atoms with Crippen LogP contribution in [0.4, 0.5) is 4.39 Å². The highest BCUT2D eigenvalue weighted by Crippen LogP contribution is 2.31. The molecule has 0 radical (unpaired) electrons. The normalized spacial score (nSPS) is 15.6. The topological polar surface area (TPSA) is 12.0 Å². The van der Waals surface area contributed by atoms with Gasteiger partial charge in [-0.3, -0.25) is 0 Å². The largest absolute Gasteiger partial charge is 0.313 e. The molecule has 1 aliphatic carbocycles. The summed E-state index contributed by atoms with van der Waals surface area (Å²) >= 11 is 5.68. The Bertz CT molecular complexity index is 336. The average molecular weight is 228 g/mol. The lowest BCUT2D eigenvalue weighted by Crippen LogP contribution is -2.15. The van der Waals surface area contributed by atoms with E-state index in [4.69, 9.17) is 11.6 Å². The van der Waals surface area contributed by atoms with Crippen LogP contribution >= 0.6 is 11.6 Å². The number of benzene rings is 1. The van der Waals surface area contributed by atoms with Crippen LogP contribution in [0.25, 0.3) is 0 Å². The summed E-state index contributed by atoms with van der Waals surface area (Å²) in [7, 11) is 0. The van der Waals surface area contributed by atoms with Crippen molar-refractivity contribution in [3.63, 3.8) is 0 Å². The van der Waals surface area contributed by atoms with Gasteiger partial charge >= 0.3 is 0 Å². The summed E-state index contributed by atoms with van der Waals surface area (Å²) in [5.41, 5.74) is 1.04. The van der Waals surface area contributed by atoms with Gasteiger partial charge in [-0.1, -0.05) is 30.5 Å². The molecular weight excluding hydrogens is 213 g/mol. The van der Waals surface area contributed by atoms with Crippen LogP contribution in [0.15, 0.2) is 18.2 Å². The molecule has 0 saturated heterocycles. The van der Waals surface area contributed by atoms with Crippen LogP contribution in [0, 0.1) is 11.7 Å². The van der Waals surface area contributed by atoms with Crippen LogP contribution in [-0.2, 0) is 6.54 Å². The van der Waals surface area contributed by atoms with Gasteiger partial charge in [-0.05, 0) is 36.6 Å². The van der Waals surface area contributed by atoms with Gasteiger partial charge in [0.1, 0.15) is 5.82 Å². The van der Waals surface area contributed by atoms with Crippen molar-refractivity contribution in [2.45, 2.75) is 25.8 Å². The summed E-state index contributed by atoms with van der Waals surface area (Å²) in [5.74, 6) is 0.604. The molecule has 82 valence electrons. The molecule has 0 unspecified atom stereocenters. The highest BCUT2D eigenvalue weighted by atomic mass is 35.5. The molecule has 15 heavy (non-hydrogen) atoms. The van der Waals surface area contributed by atoms with Crippen LogP contribution in [-0.4, -0.2) is 6.54 Å². The number of rotatable bonds is 5. The third-order valence-electron chi connectivity index (χ3n) is 2.74. The zero-order valence-corrected chi connectivity index (χ0v) is 9.36. The Morgan fingerprint density at radius 1 is 1.40 bits per heavy atom. The summed E-state index contributed by atoms with van der Waals surface area (Å²) in [4.78, 5) is 0. The van der Waals surface area contributed by atoms with Gasteiger partial charge in [0.05, 0.1) is 5.02 Å². The summed E-state index contributed by atoms with van der Waals surface area (Å²) in [6, 6.07) is 4.87. The number of nitrogens with one attached hydrogen (secondary N) is 1. The predicted molar refractivity (Wildman–Crippen MR) is 60.5 cm³/mol. The van der Waals surface area contributed by atoms with Crippen LogP contribution < -0.4 is 5.32 Å².